The van der Waals surface area contributed by atoms with Crippen LogP contribution in [-0.2, 0) is 16.1 Å². The van der Waals surface area contributed by atoms with Gasteiger partial charge in [-0.05, 0) is 36.8 Å². The Hall–Kier alpha value is -3.12. The van der Waals surface area contributed by atoms with E-state index in [1.54, 1.807) is 24.3 Å². The van der Waals surface area contributed by atoms with Crippen LogP contribution in [-0.4, -0.2) is 21.7 Å². The Labute approximate surface area is 176 Å². The van der Waals surface area contributed by atoms with Gasteiger partial charge < -0.3 is 14.4 Å². The highest BCUT2D eigenvalue weighted by atomic mass is 79.9. The number of aryl methyl sites for hydroxylation is 1. The van der Waals surface area contributed by atoms with Crippen molar-refractivity contribution in [1.29, 1.82) is 0 Å². The summed E-state index contributed by atoms with van der Waals surface area (Å²) in [4.78, 5) is 27.2. The first-order valence-electron chi connectivity index (χ1n) is 9.09. The Balaban J connectivity index is 1.86. The van der Waals surface area contributed by atoms with Crippen LogP contribution in [0.1, 0.15) is 28.5 Å². The summed E-state index contributed by atoms with van der Waals surface area (Å²) >= 11 is 3.41. The number of aliphatic hydroxyl groups is 1. The lowest BCUT2D eigenvalue weighted by atomic mass is 9.95. The van der Waals surface area contributed by atoms with Gasteiger partial charge in [0.1, 0.15) is 11.5 Å². The predicted molar refractivity (Wildman–Crippen MR) is 112 cm³/mol. The van der Waals surface area contributed by atoms with Crippen LogP contribution in [0.25, 0.3) is 5.76 Å². The molecule has 1 aromatic heterocycles. The van der Waals surface area contributed by atoms with Crippen molar-refractivity contribution in [2.45, 2.75) is 19.5 Å². The van der Waals surface area contributed by atoms with Crippen LogP contribution in [0.2, 0.25) is 0 Å². The van der Waals surface area contributed by atoms with E-state index in [4.69, 9.17) is 4.42 Å². The number of likely N-dealkylation sites (tertiary alicyclic amines) is 1. The first-order chi connectivity index (χ1) is 14.0. The van der Waals surface area contributed by atoms with Gasteiger partial charge in [0.25, 0.3) is 11.7 Å². The topological polar surface area (TPSA) is 70.8 Å². The highest BCUT2D eigenvalue weighted by Gasteiger charge is 2.46. The van der Waals surface area contributed by atoms with Gasteiger partial charge in [0.15, 0.2) is 0 Å². The summed E-state index contributed by atoms with van der Waals surface area (Å²) in [6, 6.07) is 17.3. The molecule has 1 N–H and O–H groups in total. The maximum absolute atomic E-state index is 12.9. The summed E-state index contributed by atoms with van der Waals surface area (Å²) in [5.41, 5.74) is 2.33. The van der Waals surface area contributed by atoms with Crippen molar-refractivity contribution in [3.8, 4) is 0 Å². The van der Waals surface area contributed by atoms with E-state index in [-0.39, 0.29) is 17.9 Å². The van der Waals surface area contributed by atoms with Crippen LogP contribution in [0.3, 0.4) is 0 Å². The normalized spacial score (nSPS) is 18.4. The number of aliphatic hydroxyl groups excluding tert-OH is 1. The van der Waals surface area contributed by atoms with E-state index in [1.807, 2.05) is 43.3 Å². The number of furan rings is 1. The van der Waals surface area contributed by atoms with Gasteiger partial charge in [0, 0.05) is 10.0 Å². The number of carbonyl (C=O) groups excluding carboxylic acids is 2. The zero-order chi connectivity index (χ0) is 20.5. The summed E-state index contributed by atoms with van der Waals surface area (Å²) in [5.74, 6) is -0.993. The van der Waals surface area contributed by atoms with Gasteiger partial charge in [0.2, 0.25) is 0 Å². The molecule has 2 aromatic carbocycles. The summed E-state index contributed by atoms with van der Waals surface area (Å²) in [6.07, 6.45) is 1.52. The summed E-state index contributed by atoms with van der Waals surface area (Å²) in [6.45, 7) is 2.07. The fraction of sp³-hybridized carbons (Fsp3) is 0.130. The predicted octanol–water partition coefficient (Wildman–Crippen LogP) is 4.97. The average Bonchev–Trinajstić information content (AvgIpc) is 3.31. The van der Waals surface area contributed by atoms with Crippen molar-refractivity contribution in [3.63, 3.8) is 0 Å². The molecule has 1 aliphatic heterocycles. The lowest BCUT2D eigenvalue weighted by molar-refractivity contribution is -0.140. The number of halogens is 1. The monoisotopic (exact) mass is 451 g/mol. The number of hydrogen-bond donors (Lipinski definition) is 1. The fourth-order valence-corrected chi connectivity index (χ4v) is 3.74. The lowest BCUT2D eigenvalue weighted by Gasteiger charge is -2.24. The van der Waals surface area contributed by atoms with E-state index in [2.05, 4.69) is 15.9 Å². The van der Waals surface area contributed by atoms with E-state index in [0.29, 0.717) is 11.3 Å². The zero-order valence-corrected chi connectivity index (χ0v) is 17.2. The van der Waals surface area contributed by atoms with E-state index in [9.17, 15) is 14.7 Å². The second-order valence-electron chi connectivity index (χ2n) is 6.92. The highest BCUT2D eigenvalue weighted by Crippen LogP contribution is 2.40. The molecule has 1 amide bonds. The molecule has 29 heavy (non-hydrogen) atoms. The fourth-order valence-electron chi connectivity index (χ4n) is 3.47. The van der Waals surface area contributed by atoms with Gasteiger partial charge in [-0.1, -0.05) is 57.9 Å². The molecule has 3 aromatic rings. The molecule has 0 bridgehead atoms. The number of hydrogen-bond acceptors (Lipinski definition) is 4. The van der Waals surface area contributed by atoms with Crippen LogP contribution >= 0.6 is 15.9 Å². The number of carbonyl (C=O) groups is 2. The Morgan fingerprint density at radius 2 is 1.76 bits per heavy atom. The largest absolute Gasteiger partial charge is 0.507 e. The molecule has 146 valence electrons. The molecule has 0 radical (unpaired) electrons. The van der Waals surface area contributed by atoms with E-state index < -0.39 is 17.7 Å². The van der Waals surface area contributed by atoms with Crippen molar-refractivity contribution in [2.75, 3.05) is 0 Å². The minimum Gasteiger partial charge on any atom is -0.507 e. The van der Waals surface area contributed by atoms with E-state index >= 15 is 0 Å². The molecule has 0 unspecified atom stereocenters. The van der Waals surface area contributed by atoms with Gasteiger partial charge in [-0.2, -0.15) is 0 Å². The number of ketones is 1. The SMILES string of the molecule is Cc1ccc(/C(O)=C2\C(=O)C(=O)N(Cc3ccco3)[C@H]2c2ccc(Br)cc2)cc1. The third-order valence-electron chi connectivity index (χ3n) is 4.96. The second-order valence-corrected chi connectivity index (χ2v) is 7.84. The lowest BCUT2D eigenvalue weighted by Crippen LogP contribution is -2.29. The maximum Gasteiger partial charge on any atom is 0.296 e. The Kier molecular flexibility index (Phi) is 5.11. The number of Topliss-reactive ketones (excluding diaryl/α,β-unsaturated/α-hetero) is 1. The Morgan fingerprint density at radius 1 is 1.07 bits per heavy atom. The smallest absolute Gasteiger partial charge is 0.296 e. The van der Waals surface area contributed by atoms with Crippen LogP contribution in [0.15, 0.2) is 81.4 Å². The van der Waals surface area contributed by atoms with Crippen molar-refractivity contribution in [2.24, 2.45) is 0 Å². The second kappa shape index (κ2) is 7.72. The van der Waals surface area contributed by atoms with Gasteiger partial charge in [-0.15, -0.1) is 0 Å². The van der Waals surface area contributed by atoms with Gasteiger partial charge in [0.05, 0.1) is 24.4 Å². The van der Waals surface area contributed by atoms with Crippen LogP contribution in [0.4, 0.5) is 0 Å². The molecule has 4 rings (SSSR count). The number of rotatable bonds is 4. The number of amides is 1. The van der Waals surface area contributed by atoms with Gasteiger partial charge in [-0.3, -0.25) is 9.59 Å². The molecule has 0 aliphatic carbocycles. The molecule has 0 saturated carbocycles. The van der Waals surface area contributed by atoms with Crippen molar-refractivity contribution in [3.05, 3.63) is 99.4 Å². The molecule has 1 aliphatic rings. The van der Waals surface area contributed by atoms with E-state index in [0.717, 1.165) is 15.6 Å². The van der Waals surface area contributed by atoms with E-state index in [1.165, 1.54) is 11.2 Å². The van der Waals surface area contributed by atoms with Crippen molar-refractivity contribution >= 4 is 33.4 Å². The molecule has 6 heteroatoms. The summed E-state index contributed by atoms with van der Waals surface area (Å²) in [7, 11) is 0. The third-order valence-corrected chi connectivity index (χ3v) is 5.49. The Bertz CT molecular complexity index is 1080. The van der Waals surface area contributed by atoms with Gasteiger partial charge >= 0.3 is 0 Å². The molecule has 2 heterocycles. The minimum absolute atomic E-state index is 0.0766. The zero-order valence-electron chi connectivity index (χ0n) is 15.6. The van der Waals surface area contributed by atoms with Gasteiger partial charge in [-0.25, -0.2) is 0 Å². The molecule has 1 saturated heterocycles. The summed E-state index contributed by atoms with van der Waals surface area (Å²) < 4.78 is 6.26. The molecular formula is C23H18BrNO4. The van der Waals surface area contributed by atoms with Crippen molar-refractivity contribution < 1.29 is 19.1 Å². The quantitative estimate of drug-likeness (QED) is 0.345. The first kappa shape index (κ1) is 19.2. The number of nitrogens with zero attached hydrogens (tertiary/aromatic N) is 1. The molecule has 1 fully saturated rings. The number of benzene rings is 2. The first-order valence-corrected chi connectivity index (χ1v) is 9.88. The summed E-state index contributed by atoms with van der Waals surface area (Å²) in [5, 5.41) is 11.0. The highest BCUT2D eigenvalue weighted by molar-refractivity contribution is 9.10. The molecule has 1 atom stereocenters. The standard InChI is InChI=1S/C23H18BrNO4/c1-14-4-6-16(7-5-14)21(26)19-20(15-8-10-17(24)11-9-15)25(23(28)22(19)27)13-18-3-2-12-29-18/h2-12,20,26H,13H2,1H3/b21-19+/t20-/m0/s1. The van der Waals surface area contributed by atoms with Crippen molar-refractivity contribution in [1.82, 2.24) is 4.90 Å². The molecule has 5 nitrogen and oxygen atoms in total. The molecular weight excluding hydrogens is 434 g/mol. The molecule has 0 spiro atoms. The Morgan fingerprint density at radius 3 is 2.38 bits per heavy atom. The maximum atomic E-state index is 12.9. The van der Waals surface area contributed by atoms with Crippen LogP contribution in [0, 0.1) is 6.92 Å². The van der Waals surface area contributed by atoms with Crippen LogP contribution in [0.5, 0.6) is 0 Å². The minimum atomic E-state index is -0.713. The van der Waals surface area contributed by atoms with Crippen LogP contribution < -0.4 is 0 Å². The average molecular weight is 452 g/mol. The third kappa shape index (κ3) is 3.63.